The third kappa shape index (κ3) is 3.30. The minimum absolute atomic E-state index is 0.0361. The Hall–Kier alpha value is -2.15. The largest absolute Gasteiger partial charge is 0.481 e. The van der Waals surface area contributed by atoms with Crippen molar-refractivity contribution < 1.29 is 17.9 Å². The summed E-state index contributed by atoms with van der Waals surface area (Å²) in [5, 5.41) is 2.86. The van der Waals surface area contributed by atoms with Gasteiger partial charge >= 0.3 is 0 Å². The molecule has 1 unspecified atom stereocenters. The number of nitrogens with one attached hydrogen (secondary N) is 1. The summed E-state index contributed by atoms with van der Waals surface area (Å²) in [6, 6.07) is 3.16. The predicted molar refractivity (Wildman–Crippen MR) is 70.4 cm³/mol. The lowest BCUT2D eigenvalue weighted by atomic mass is 10.0. The van der Waals surface area contributed by atoms with Gasteiger partial charge in [-0.15, -0.1) is 0 Å². The molecule has 1 aromatic heterocycles. The molecule has 2 aromatic rings. The molecule has 1 atom stereocenters. The fourth-order valence-electron chi connectivity index (χ4n) is 1.99. The summed E-state index contributed by atoms with van der Waals surface area (Å²) in [4.78, 5) is 7.92. The Balaban J connectivity index is 2.30. The number of aromatic nitrogens is 2. The molecule has 1 heterocycles. The lowest BCUT2D eigenvalue weighted by Gasteiger charge is -2.17. The number of hydrogen-bond donors (Lipinski definition) is 1. The highest BCUT2D eigenvalue weighted by atomic mass is 19.2. The molecule has 0 fully saturated rings. The summed E-state index contributed by atoms with van der Waals surface area (Å²) in [6.45, 7) is 0. The van der Waals surface area contributed by atoms with E-state index in [9.17, 15) is 13.2 Å². The van der Waals surface area contributed by atoms with Crippen molar-refractivity contribution in [2.75, 3.05) is 14.2 Å². The standard InChI is InChI=1S/C14H14F3N3O/c1-18-11(5-8-6-12(21-2)20-7-19-8)9-3-4-10(15)14(17)13(9)16/h3-4,6-7,11,18H,5H2,1-2H3. The van der Waals surface area contributed by atoms with E-state index in [4.69, 9.17) is 4.74 Å². The van der Waals surface area contributed by atoms with E-state index in [1.165, 1.54) is 19.5 Å². The van der Waals surface area contributed by atoms with Gasteiger partial charge in [-0.1, -0.05) is 6.07 Å². The number of hydrogen-bond acceptors (Lipinski definition) is 4. The predicted octanol–water partition coefficient (Wildman–Crippen LogP) is 2.41. The molecule has 0 aliphatic heterocycles. The van der Waals surface area contributed by atoms with E-state index in [2.05, 4.69) is 15.3 Å². The number of nitrogens with zero attached hydrogens (tertiary/aromatic N) is 2. The van der Waals surface area contributed by atoms with Gasteiger partial charge in [-0.25, -0.2) is 23.1 Å². The van der Waals surface area contributed by atoms with Crippen LogP contribution < -0.4 is 10.1 Å². The first-order valence-corrected chi connectivity index (χ1v) is 6.22. The van der Waals surface area contributed by atoms with Crippen molar-refractivity contribution in [2.24, 2.45) is 0 Å². The van der Waals surface area contributed by atoms with Crippen LogP contribution in [-0.2, 0) is 6.42 Å². The Morgan fingerprint density at radius 2 is 1.95 bits per heavy atom. The zero-order chi connectivity index (χ0) is 15.4. The van der Waals surface area contributed by atoms with Crippen molar-refractivity contribution in [1.82, 2.24) is 15.3 Å². The summed E-state index contributed by atoms with van der Waals surface area (Å²) in [6.07, 6.45) is 1.60. The Morgan fingerprint density at radius 3 is 2.62 bits per heavy atom. The molecule has 7 heteroatoms. The van der Waals surface area contributed by atoms with Crippen molar-refractivity contribution in [3.05, 3.63) is 53.2 Å². The van der Waals surface area contributed by atoms with Gasteiger partial charge in [-0.2, -0.15) is 0 Å². The summed E-state index contributed by atoms with van der Waals surface area (Å²) in [5.74, 6) is -3.51. The second-order valence-electron chi connectivity index (χ2n) is 4.36. The molecule has 0 saturated carbocycles. The summed E-state index contributed by atoms with van der Waals surface area (Å²) in [5.41, 5.74) is 0.624. The smallest absolute Gasteiger partial charge is 0.216 e. The fourth-order valence-corrected chi connectivity index (χ4v) is 1.99. The Kier molecular flexibility index (Phi) is 4.74. The topological polar surface area (TPSA) is 47.0 Å². The maximum absolute atomic E-state index is 13.8. The highest BCUT2D eigenvalue weighted by Gasteiger charge is 2.20. The number of rotatable bonds is 5. The molecule has 0 bridgehead atoms. The van der Waals surface area contributed by atoms with Gasteiger partial charge in [0.1, 0.15) is 6.33 Å². The Morgan fingerprint density at radius 1 is 1.19 bits per heavy atom. The summed E-state index contributed by atoms with van der Waals surface area (Å²) in [7, 11) is 3.07. The van der Waals surface area contributed by atoms with E-state index in [-0.39, 0.29) is 12.0 Å². The highest BCUT2D eigenvalue weighted by Crippen LogP contribution is 2.24. The molecular weight excluding hydrogens is 283 g/mol. The molecule has 0 saturated heterocycles. The minimum Gasteiger partial charge on any atom is -0.481 e. The number of likely N-dealkylation sites (N-methyl/N-ethyl adjacent to an activating group) is 1. The van der Waals surface area contributed by atoms with Crippen molar-refractivity contribution in [3.8, 4) is 5.88 Å². The summed E-state index contributed by atoms with van der Waals surface area (Å²) >= 11 is 0. The average Bonchev–Trinajstić information content (AvgIpc) is 2.51. The Bertz CT molecular complexity index is 637. The van der Waals surface area contributed by atoms with E-state index >= 15 is 0 Å². The van der Waals surface area contributed by atoms with E-state index in [0.29, 0.717) is 11.6 Å². The second-order valence-corrected chi connectivity index (χ2v) is 4.36. The van der Waals surface area contributed by atoms with Crippen LogP contribution in [0.1, 0.15) is 17.3 Å². The van der Waals surface area contributed by atoms with Crippen LogP contribution in [0.15, 0.2) is 24.5 Å². The molecule has 4 nitrogen and oxygen atoms in total. The van der Waals surface area contributed by atoms with Gasteiger partial charge in [-0.3, -0.25) is 0 Å². The van der Waals surface area contributed by atoms with Crippen LogP contribution in [0.3, 0.4) is 0 Å². The van der Waals surface area contributed by atoms with Gasteiger partial charge in [-0.05, 0) is 13.1 Å². The van der Waals surface area contributed by atoms with E-state index in [0.717, 1.165) is 6.07 Å². The first-order chi connectivity index (χ1) is 10.1. The number of benzene rings is 1. The molecule has 0 amide bonds. The van der Waals surface area contributed by atoms with E-state index < -0.39 is 23.5 Å². The van der Waals surface area contributed by atoms with Crippen LogP contribution in [0, 0.1) is 17.5 Å². The van der Waals surface area contributed by atoms with Gasteiger partial charge in [0.2, 0.25) is 5.88 Å². The van der Waals surface area contributed by atoms with Crippen LogP contribution in [-0.4, -0.2) is 24.1 Å². The van der Waals surface area contributed by atoms with Gasteiger partial charge in [0.15, 0.2) is 17.5 Å². The molecule has 112 valence electrons. The van der Waals surface area contributed by atoms with Crippen LogP contribution in [0.25, 0.3) is 0 Å². The number of ether oxygens (including phenoxy) is 1. The van der Waals surface area contributed by atoms with Gasteiger partial charge in [0.05, 0.1) is 7.11 Å². The molecule has 21 heavy (non-hydrogen) atoms. The van der Waals surface area contributed by atoms with Gasteiger partial charge in [0.25, 0.3) is 0 Å². The summed E-state index contributed by atoms with van der Waals surface area (Å²) < 4.78 is 45.1. The minimum atomic E-state index is -1.48. The van der Waals surface area contributed by atoms with Crippen molar-refractivity contribution >= 4 is 0 Å². The fraction of sp³-hybridized carbons (Fsp3) is 0.286. The van der Waals surface area contributed by atoms with Crippen LogP contribution in [0.5, 0.6) is 5.88 Å². The molecule has 0 aliphatic rings. The van der Waals surface area contributed by atoms with Crippen molar-refractivity contribution in [2.45, 2.75) is 12.5 Å². The SMILES string of the molecule is CNC(Cc1cc(OC)ncn1)c1ccc(F)c(F)c1F. The first-order valence-electron chi connectivity index (χ1n) is 6.22. The van der Waals surface area contributed by atoms with Crippen LogP contribution in [0.4, 0.5) is 13.2 Å². The zero-order valence-corrected chi connectivity index (χ0v) is 11.5. The quantitative estimate of drug-likeness (QED) is 0.861. The number of methoxy groups -OCH3 is 1. The zero-order valence-electron chi connectivity index (χ0n) is 11.5. The molecule has 0 spiro atoms. The lowest BCUT2D eigenvalue weighted by Crippen LogP contribution is -2.21. The lowest BCUT2D eigenvalue weighted by molar-refractivity contribution is 0.395. The maximum Gasteiger partial charge on any atom is 0.216 e. The molecule has 0 radical (unpaired) electrons. The molecule has 1 N–H and O–H groups in total. The first kappa shape index (κ1) is 15.2. The van der Waals surface area contributed by atoms with E-state index in [1.54, 1.807) is 13.1 Å². The van der Waals surface area contributed by atoms with Gasteiger partial charge in [0, 0.05) is 29.8 Å². The maximum atomic E-state index is 13.8. The number of halogens is 3. The molecule has 0 aliphatic carbocycles. The Labute approximate surface area is 120 Å². The third-order valence-electron chi connectivity index (χ3n) is 3.11. The van der Waals surface area contributed by atoms with Gasteiger partial charge < -0.3 is 10.1 Å². The third-order valence-corrected chi connectivity index (χ3v) is 3.11. The average molecular weight is 297 g/mol. The molecular formula is C14H14F3N3O. The highest BCUT2D eigenvalue weighted by molar-refractivity contribution is 5.26. The van der Waals surface area contributed by atoms with Crippen molar-refractivity contribution in [1.29, 1.82) is 0 Å². The monoisotopic (exact) mass is 297 g/mol. The van der Waals surface area contributed by atoms with Crippen LogP contribution in [0.2, 0.25) is 0 Å². The van der Waals surface area contributed by atoms with Crippen molar-refractivity contribution in [3.63, 3.8) is 0 Å². The van der Waals surface area contributed by atoms with E-state index in [1.807, 2.05) is 0 Å². The normalized spacial score (nSPS) is 12.2. The molecule has 1 aromatic carbocycles. The molecule has 2 rings (SSSR count). The second kappa shape index (κ2) is 6.53. The van der Waals surface area contributed by atoms with Crippen LogP contribution >= 0.6 is 0 Å².